The third-order valence-corrected chi connectivity index (χ3v) is 3.06. The van der Waals surface area contributed by atoms with Gasteiger partial charge >= 0.3 is 0 Å². The standard InChI is InChI=1S/C13H24N4O/c1-3-4-7-12(14)13(18)15-8-5-6-11-9-16-17-10(11)2/h9,12H,3-8,14H2,1-2H3,(H,15,18)(H,16,17). The van der Waals surface area contributed by atoms with Crippen LogP contribution in [0.1, 0.15) is 43.9 Å². The van der Waals surface area contributed by atoms with Gasteiger partial charge in [-0.25, -0.2) is 0 Å². The van der Waals surface area contributed by atoms with E-state index in [0.29, 0.717) is 6.54 Å². The fraction of sp³-hybridized carbons (Fsp3) is 0.692. The van der Waals surface area contributed by atoms with Gasteiger partial charge < -0.3 is 11.1 Å². The van der Waals surface area contributed by atoms with Crippen LogP contribution < -0.4 is 11.1 Å². The predicted octanol–water partition coefficient (Wildman–Crippen LogP) is 1.28. The number of H-pyrrole nitrogens is 1. The maximum Gasteiger partial charge on any atom is 0.236 e. The number of unbranched alkanes of at least 4 members (excludes halogenated alkanes) is 1. The van der Waals surface area contributed by atoms with Crippen LogP contribution in [0.15, 0.2) is 6.20 Å². The lowest BCUT2D eigenvalue weighted by atomic mass is 10.1. The molecule has 102 valence electrons. The Balaban J connectivity index is 2.14. The highest BCUT2D eigenvalue weighted by Gasteiger charge is 2.11. The highest BCUT2D eigenvalue weighted by Crippen LogP contribution is 2.05. The lowest BCUT2D eigenvalue weighted by Gasteiger charge is -2.11. The summed E-state index contributed by atoms with van der Waals surface area (Å²) in [6.45, 7) is 4.77. The number of aromatic amines is 1. The van der Waals surface area contributed by atoms with E-state index in [1.165, 1.54) is 5.56 Å². The van der Waals surface area contributed by atoms with Gasteiger partial charge in [-0.15, -0.1) is 0 Å². The zero-order chi connectivity index (χ0) is 13.4. The molecule has 4 N–H and O–H groups in total. The van der Waals surface area contributed by atoms with E-state index in [-0.39, 0.29) is 11.9 Å². The Morgan fingerprint density at radius 1 is 1.56 bits per heavy atom. The van der Waals surface area contributed by atoms with E-state index in [2.05, 4.69) is 22.4 Å². The number of aryl methyl sites for hydroxylation is 2. The third-order valence-electron chi connectivity index (χ3n) is 3.06. The largest absolute Gasteiger partial charge is 0.355 e. The molecular weight excluding hydrogens is 228 g/mol. The molecule has 1 unspecified atom stereocenters. The molecule has 0 saturated carbocycles. The second kappa shape index (κ2) is 7.87. The molecule has 1 rings (SSSR count). The Kier molecular flexibility index (Phi) is 6.43. The van der Waals surface area contributed by atoms with Gasteiger partial charge in [-0.1, -0.05) is 19.8 Å². The molecule has 0 fully saturated rings. The molecule has 0 aliphatic rings. The summed E-state index contributed by atoms with van der Waals surface area (Å²) in [6, 6.07) is -0.361. The van der Waals surface area contributed by atoms with E-state index in [4.69, 9.17) is 5.73 Å². The number of carbonyl (C=O) groups excluding carboxylic acids is 1. The number of aromatic nitrogens is 2. The minimum absolute atomic E-state index is 0.0348. The van der Waals surface area contributed by atoms with Crippen molar-refractivity contribution in [1.82, 2.24) is 15.5 Å². The molecule has 1 aromatic heterocycles. The summed E-state index contributed by atoms with van der Waals surface area (Å²) in [7, 11) is 0. The van der Waals surface area contributed by atoms with E-state index in [1.54, 1.807) is 0 Å². The minimum Gasteiger partial charge on any atom is -0.355 e. The Labute approximate surface area is 109 Å². The second-order valence-electron chi connectivity index (χ2n) is 4.66. The van der Waals surface area contributed by atoms with Crippen molar-refractivity contribution in [2.24, 2.45) is 5.73 Å². The number of hydrogen-bond donors (Lipinski definition) is 3. The lowest BCUT2D eigenvalue weighted by Crippen LogP contribution is -2.40. The molecule has 1 amide bonds. The maximum atomic E-state index is 11.6. The fourth-order valence-corrected chi connectivity index (χ4v) is 1.80. The van der Waals surface area contributed by atoms with E-state index in [0.717, 1.165) is 37.8 Å². The maximum absolute atomic E-state index is 11.6. The molecule has 0 aliphatic heterocycles. The van der Waals surface area contributed by atoms with Crippen LogP contribution in [-0.4, -0.2) is 28.7 Å². The van der Waals surface area contributed by atoms with Crippen molar-refractivity contribution >= 4 is 5.91 Å². The van der Waals surface area contributed by atoms with Crippen LogP contribution in [0, 0.1) is 6.92 Å². The van der Waals surface area contributed by atoms with Crippen LogP contribution in [0.25, 0.3) is 0 Å². The third kappa shape index (κ3) is 4.87. The monoisotopic (exact) mass is 252 g/mol. The molecule has 18 heavy (non-hydrogen) atoms. The van der Waals surface area contributed by atoms with Crippen molar-refractivity contribution in [3.8, 4) is 0 Å². The predicted molar refractivity (Wildman–Crippen MR) is 72.2 cm³/mol. The summed E-state index contributed by atoms with van der Waals surface area (Å²) < 4.78 is 0. The molecule has 0 aliphatic carbocycles. The van der Waals surface area contributed by atoms with Gasteiger partial charge in [0.25, 0.3) is 0 Å². The number of nitrogens with one attached hydrogen (secondary N) is 2. The SMILES string of the molecule is CCCCC(N)C(=O)NCCCc1cn[nH]c1C. The minimum atomic E-state index is -0.361. The summed E-state index contributed by atoms with van der Waals surface area (Å²) >= 11 is 0. The van der Waals surface area contributed by atoms with Crippen LogP contribution in [-0.2, 0) is 11.2 Å². The first kappa shape index (κ1) is 14.7. The number of nitrogens with two attached hydrogens (primary N) is 1. The van der Waals surface area contributed by atoms with Crippen LogP contribution in [0.4, 0.5) is 0 Å². The summed E-state index contributed by atoms with van der Waals surface area (Å²) in [4.78, 5) is 11.6. The summed E-state index contributed by atoms with van der Waals surface area (Å²) in [5.41, 5.74) is 8.08. The molecule has 5 heteroatoms. The molecule has 1 atom stereocenters. The van der Waals surface area contributed by atoms with Crippen molar-refractivity contribution in [1.29, 1.82) is 0 Å². The van der Waals surface area contributed by atoms with Gasteiger partial charge in [-0.2, -0.15) is 5.10 Å². The van der Waals surface area contributed by atoms with Crippen molar-refractivity contribution < 1.29 is 4.79 Å². The van der Waals surface area contributed by atoms with Gasteiger partial charge in [0.1, 0.15) is 0 Å². The number of amides is 1. The lowest BCUT2D eigenvalue weighted by molar-refractivity contribution is -0.122. The number of nitrogens with zero attached hydrogens (tertiary/aromatic N) is 1. The molecule has 5 nitrogen and oxygen atoms in total. The van der Waals surface area contributed by atoms with Crippen molar-refractivity contribution in [2.75, 3.05) is 6.54 Å². The van der Waals surface area contributed by atoms with Gasteiger partial charge in [-0.05, 0) is 31.7 Å². The highest BCUT2D eigenvalue weighted by molar-refractivity contribution is 5.81. The van der Waals surface area contributed by atoms with Crippen LogP contribution in [0.2, 0.25) is 0 Å². The van der Waals surface area contributed by atoms with E-state index in [9.17, 15) is 4.79 Å². The van der Waals surface area contributed by atoms with E-state index < -0.39 is 0 Å². The first-order valence-electron chi connectivity index (χ1n) is 6.67. The van der Waals surface area contributed by atoms with Gasteiger partial charge in [-0.3, -0.25) is 9.89 Å². The van der Waals surface area contributed by atoms with Crippen molar-refractivity contribution in [2.45, 2.75) is 52.0 Å². The molecule has 1 aromatic rings. The summed E-state index contributed by atoms with van der Waals surface area (Å²) in [5, 5.41) is 9.75. The van der Waals surface area contributed by atoms with Crippen LogP contribution >= 0.6 is 0 Å². The van der Waals surface area contributed by atoms with Gasteiger partial charge in [0.15, 0.2) is 0 Å². The van der Waals surface area contributed by atoms with Crippen molar-refractivity contribution in [3.63, 3.8) is 0 Å². The highest BCUT2D eigenvalue weighted by atomic mass is 16.2. The van der Waals surface area contributed by atoms with Crippen LogP contribution in [0.5, 0.6) is 0 Å². The average Bonchev–Trinajstić information content (AvgIpc) is 2.77. The second-order valence-corrected chi connectivity index (χ2v) is 4.66. The summed E-state index contributed by atoms with van der Waals surface area (Å²) in [5.74, 6) is -0.0348. The molecule has 0 spiro atoms. The van der Waals surface area contributed by atoms with E-state index >= 15 is 0 Å². The Morgan fingerprint density at radius 3 is 2.94 bits per heavy atom. The normalized spacial score (nSPS) is 12.4. The Bertz CT molecular complexity index is 362. The average molecular weight is 252 g/mol. The summed E-state index contributed by atoms with van der Waals surface area (Å²) in [6.07, 6.45) is 6.51. The first-order chi connectivity index (χ1) is 8.65. The van der Waals surface area contributed by atoms with Gasteiger partial charge in [0, 0.05) is 12.2 Å². The fourth-order valence-electron chi connectivity index (χ4n) is 1.80. The van der Waals surface area contributed by atoms with E-state index in [1.807, 2.05) is 13.1 Å². The molecule has 0 bridgehead atoms. The molecular formula is C13H24N4O. The Morgan fingerprint density at radius 2 is 2.33 bits per heavy atom. The van der Waals surface area contributed by atoms with Crippen molar-refractivity contribution in [3.05, 3.63) is 17.5 Å². The first-order valence-corrected chi connectivity index (χ1v) is 6.67. The molecule has 1 heterocycles. The molecule has 0 saturated heterocycles. The number of hydrogen-bond acceptors (Lipinski definition) is 3. The van der Waals surface area contributed by atoms with Crippen LogP contribution in [0.3, 0.4) is 0 Å². The smallest absolute Gasteiger partial charge is 0.236 e. The van der Waals surface area contributed by atoms with Gasteiger partial charge in [0.05, 0.1) is 12.2 Å². The van der Waals surface area contributed by atoms with Gasteiger partial charge in [0.2, 0.25) is 5.91 Å². The zero-order valence-electron chi connectivity index (χ0n) is 11.3. The quantitative estimate of drug-likeness (QED) is 0.609. The Hall–Kier alpha value is -1.36. The molecule has 0 aromatic carbocycles. The number of carbonyl (C=O) groups is 1. The zero-order valence-corrected chi connectivity index (χ0v) is 11.3. The number of rotatable bonds is 8. The topological polar surface area (TPSA) is 83.8 Å². The molecule has 0 radical (unpaired) electrons.